The summed E-state index contributed by atoms with van der Waals surface area (Å²) in [5.74, 6) is 0. The number of amides is 2. The number of hydrogen-bond acceptors (Lipinski definition) is 1. The molecule has 2 aliphatic rings. The Kier molecular flexibility index (Phi) is 3.61. The number of urea groups is 1. The third-order valence-corrected chi connectivity index (χ3v) is 4.33. The molecular weight excluding hydrogens is 224 g/mol. The number of hydrogen-bond donors (Lipinski definition) is 2. The van der Waals surface area contributed by atoms with Crippen LogP contribution in [-0.4, -0.2) is 18.1 Å². The predicted molar refractivity (Wildman–Crippen MR) is 74.5 cm³/mol. The van der Waals surface area contributed by atoms with Gasteiger partial charge in [0.15, 0.2) is 0 Å². The van der Waals surface area contributed by atoms with E-state index in [1.165, 1.54) is 12.8 Å². The van der Waals surface area contributed by atoms with Gasteiger partial charge in [-0.15, -0.1) is 0 Å². The van der Waals surface area contributed by atoms with Crippen molar-refractivity contribution in [2.45, 2.75) is 78.3 Å². The molecule has 3 nitrogen and oxygen atoms in total. The van der Waals surface area contributed by atoms with Crippen molar-refractivity contribution in [2.75, 3.05) is 0 Å². The van der Waals surface area contributed by atoms with Gasteiger partial charge in [0.25, 0.3) is 0 Å². The smallest absolute Gasteiger partial charge is 0.315 e. The van der Waals surface area contributed by atoms with E-state index in [0.29, 0.717) is 22.9 Å². The van der Waals surface area contributed by atoms with Crippen molar-refractivity contribution >= 4 is 6.03 Å². The molecule has 0 unspecified atom stereocenters. The summed E-state index contributed by atoms with van der Waals surface area (Å²) in [7, 11) is 0. The van der Waals surface area contributed by atoms with Crippen LogP contribution in [-0.2, 0) is 0 Å². The van der Waals surface area contributed by atoms with E-state index in [0.717, 1.165) is 25.7 Å². The molecule has 0 radical (unpaired) electrons. The van der Waals surface area contributed by atoms with Crippen molar-refractivity contribution in [1.29, 1.82) is 0 Å². The fourth-order valence-corrected chi connectivity index (χ4v) is 3.91. The standard InChI is InChI=1S/C15H28N2O/c1-14(2)8-12(9-15(3,4)10-14)17-13(18)16-11-6-5-7-11/h11-12H,5-10H2,1-4H3,(H2,16,17,18). The third kappa shape index (κ3) is 3.63. The number of rotatable bonds is 2. The molecule has 2 aliphatic carbocycles. The number of carbonyl (C=O) groups is 1. The molecule has 0 aliphatic heterocycles. The molecule has 2 saturated carbocycles. The highest BCUT2D eigenvalue weighted by molar-refractivity contribution is 5.74. The van der Waals surface area contributed by atoms with Gasteiger partial charge in [-0.05, 0) is 49.4 Å². The molecular formula is C15H28N2O. The summed E-state index contributed by atoms with van der Waals surface area (Å²) in [5.41, 5.74) is 0.659. The van der Waals surface area contributed by atoms with E-state index in [4.69, 9.17) is 0 Å². The minimum atomic E-state index is 0.0400. The predicted octanol–water partition coefficient (Wildman–Crippen LogP) is 3.44. The molecule has 0 spiro atoms. The maximum Gasteiger partial charge on any atom is 0.315 e. The Bertz CT molecular complexity index is 302. The molecule has 2 fully saturated rings. The van der Waals surface area contributed by atoms with Crippen LogP contribution < -0.4 is 10.6 Å². The maximum atomic E-state index is 11.9. The van der Waals surface area contributed by atoms with Crippen LogP contribution in [0.5, 0.6) is 0 Å². The third-order valence-electron chi connectivity index (χ3n) is 4.33. The van der Waals surface area contributed by atoms with Crippen LogP contribution in [0.3, 0.4) is 0 Å². The highest BCUT2D eigenvalue weighted by Crippen LogP contribution is 2.45. The number of nitrogens with one attached hydrogen (secondary N) is 2. The monoisotopic (exact) mass is 252 g/mol. The van der Waals surface area contributed by atoms with Crippen LogP contribution in [0, 0.1) is 10.8 Å². The van der Waals surface area contributed by atoms with Gasteiger partial charge in [-0.2, -0.15) is 0 Å². The molecule has 0 aromatic heterocycles. The van der Waals surface area contributed by atoms with Gasteiger partial charge in [0.1, 0.15) is 0 Å². The van der Waals surface area contributed by atoms with Gasteiger partial charge in [0.05, 0.1) is 0 Å². The molecule has 0 aromatic carbocycles. The molecule has 2 rings (SSSR count). The average molecular weight is 252 g/mol. The van der Waals surface area contributed by atoms with Crippen molar-refractivity contribution in [2.24, 2.45) is 10.8 Å². The number of carbonyl (C=O) groups excluding carboxylic acids is 1. The van der Waals surface area contributed by atoms with Crippen molar-refractivity contribution in [3.63, 3.8) is 0 Å². The Morgan fingerprint density at radius 3 is 1.89 bits per heavy atom. The summed E-state index contributed by atoms with van der Waals surface area (Å²) >= 11 is 0. The topological polar surface area (TPSA) is 41.1 Å². The Morgan fingerprint density at radius 2 is 1.44 bits per heavy atom. The van der Waals surface area contributed by atoms with Crippen molar-refractivity contribution < 1.29 is 4.79 Å². The van der Waals surface area contributed by atoms with Gasteiger partial charge >= 0.3 is 6.03 Å². The minimum absolute atomic E-state index is 0.0400. The Labute approximate surface area is 111 Å². The second kappa shape index (κ2) is 4.75. The van der Waals surface area contributed by atoms with Crippen molar-refractivity contribution in [1.82, 2.24) is 10.6 Å². The van der Waals surface area contributed by atoms with Crippen LogP contribution in [0.1, 0.15) is 66.2 Å². The highest BCUT2D eigenvalue weighted by Gasteiger charge is 2.39. The molecule has 104 valence electrons. The lowest BCUT2D eigenvalue weighted by Gasteiger charge is -2.45. The molecule has 0 bridgehead atoms. The first-order valence-corrected chi connectivity index (χ1v) is 7.33. The normalized spacial score (nSPS) is 27.3. The summed E-state index contributed by atoms with van der Waals surface area (Å²) in [6, 6.07) is 0.789. The van der Waals surface area contributed by atoms with Crippen LogP contribution in [0.15, 0.2) is 0 Å². The first kappa shape index (κ1) is 13.7. The molecule has 0 heterocycles. The zero-order chi connectivity index (χ0) is 13.4. The summed E-state index contributed by atoms with van der Waals surface area (Å²) in [5, 5.41) is 6.25. The second-order valence-corrected chi connectivity index (χ2v) is 7.86. The molecule has 0 aromatic rings. The average Bonchev–Trinajstić information content (AvgIpc) is 2.05. The van der Waals surface area contributed by atoms with E-state index in [2.05, 4.69) is 38.3 Å². The summed E-state index contributed by atoms with van der Waals surface area (Å²) < 4.78 is 0. The summed E-state index contributed by atoms with van der Waals surface area (Å²) in [6.45, 7) is 9.25. The zero-order valence-electron chi connectivity index (χ0n) is 12.3. The van der Waals surface area contributed by atoms with Gasteiger partial charge in [-0.25, -0.2) is 4.79 Å². The molecule has 2 N–H and O–H groups in total. The Hall–Kier alpha value is -0.730. The molecule has 3 heteroatoms. The largest absolute Gasteiger partial charge is 0.335 e. The highest BCUT2D eigenvalue weighted by atomic mass is 16.2. The van der Waals surface area contributed by atoms with Crippen LogP contribution in [0.2, 0.25) is 0 Å². The SMILES string of the molecule is CC1(C)CC(NC(=O)NC2CCC2)CC(C)(C)C1. The minimum Gasteiger partial charge on any atom is -0.335 e. The summed E-state index contributed by atoms with van der Waals surface area (Å²) in [6.07, 6.45) is 6.98. The van der Waals surface area contributed by atoms with E-state index in [-0.39, 0.29) is 6.03 Å². The quantitative estimate of drug-likeness (QED) is 0.776. The molecule has 0 saturated heterocycles. The fraction of sp³-hybridized carbons (Fsp3) is 0.933. The van der Waals surface area contributed by atoms with Gasteiger partial charge in [0.2, 0.25) is 0 Å². The summed E-state index contributed by atoms with van der Waals surface area (Å²) in [4.78, 5) is 11.9. The Balaban J connectivity index is 1.85. The maximum absolute atomic E-state index is 11.9. The second-order valence-electron chi connectivity index (χ2n) is 7.86. The molecule has 18 heavy (non-hydrogen) atoms. The van der Waals surface area contributed by atoms with Gasteiger partial charge in [0, 0.05) is 12.1 Å². The first-order valence-electron chi connectivity index (χ1n) is 7.33. The zero-order valence-corrected chi connectivity index (χ0v) is 12.3. The van der Waals surface area contributed by atoms with Gasteiger partial charge in [-0.3, -0.25) is 0 Å². The van der Waals surface area contributed by atoms with Crippen LogP contribution in [0.4, 0.5) is 4.79 Å². The van der Waals surface area contributed by atoms with Crippen molar-refractivity contribution in [3.05, 3.63) is 0 Å². The van der Waals surface area contributed by atoms with Gasteiger partial charge < -0.3 is 10.6 Å². The van der Waals surface area contributed by atoms with E-state index in [9.17, 15) is 4.79 Å². The lowest BCUT2D eigenvalue weighted by molar-refractivity contribution is 0.0878. The van der Waals surface area contributed by atoms with E-state index in [1.807, 2.05) is 0 Å². The lowest BCUT2D eigenvalue weighted by Crippen LogP contribution is -2.52. The van der Waals surface area contributed by atoms with Crippen LogP contribution >= 0.6 is 0 Å². The first-order chi connectivity index (χ1) is 8.26. The fourth-order valence-electron chi connectivity index (χ4n) is 3.91. The van der Waals surface area contributed by atoms with Crippen molar-refractivity contribution in [3.8, 4) is 0 Å². The Morgan fingerprint density at radius 1 is 0.944 bits per heavy atom. The lowest BCUT2D eigenvalue weighted by atomic mass is 9.63. The van der Waals surface area contributed by atoms with E-state index in [1.54, 1.807) is 0 Å². The molecule has 0 atom stereocenters. The van der Waals surface area contributed by atoms with E-state index < -0.39 is 0 Å². The van der Waals surface area contributed by atoms with E-state index >= 15 is 0 Å². The van der Waals surface area contributed by atoms with Crippen LogP contribution in [0.25, 0.3) is 0 Å². The molecule has 2 amide bonds. The van der Waals surface area contributed by atoms with Gasteiger partial charge in [-0.1, -0.05) is 27.7 Å².